The molecule has 0 bridgehead atoms. The molecule has 28 heavy (non-hydrogen) atoms. The SMILES string of the molecule is COc1cc(C=C(C)C(=O)c2ccc(OC)c(N(C)C)c2)c(OC)c(OC)c1. The van der Waals surface area contributed by atoms with Gasteiger partial charge in [0.05, 0.1) is 34.1 Å². The van der Waals surface area contributed by atoms with Crippen molar-refractivity contribution in [3.63, 3.8) is 0 Å². The van der Waals surface area contributed by atoms with Crippen LogP contribution in [0.15, 0.2) is 35.9 Å². The normalized spacial score (nSPS) is 11.0. The fraction of sp³-hybridized carbons (Fsp3) is 0.318. The maximum Gasteiger partial charge on any atom is 0.188 e. The highest BCUT2D eigenvalue weighted by Crippen LogP contribution is 2.37. The van der Waals surface area contributed by atoms with Gasteiger partial charge in [0.15, 0.2) is 17.3 Å². The van der Waals surface area contributed by atoms with Crippen molar-refractivity contribution in [3.05, 3.63) is 47.0 Å². The number of hydrogen-bond donors (Lipinski definition) is 0. The van der Waals surface area contributed by atoms with E-state index >= 15 is 0 Å². The lowest BCUT2D eigenvalue weighted by Gasteiger charge is -2.17. The summed E-state index contributed by atoms with van der Waals surface area (Å²) >= 11 is 0. The second-order valence-electron chi connectivity index (χ2n) is 6.39. The molecule has 0 atom stereocenters. The Kier molecular flexibility index (Phi) is 6.93. The van der Waals surface area contributed by atoms with Gasteiger partial charge in [0.2, 0.25) is 0 Å². The number of rotatable bonds is 8. The molecular formula is C22H27NO5. The Morgan fingerprint density at radius 2 is 1.57 bits per heavy atom. The standard InChI is InChI=1S/C22H27NO5/c1-14(10-16-11-17(25-4)13-20(27-6)22(16)28-7)21(24)15-8-9-19(26-5)18(12-15)23(2)3/h8-13H,1-7H3. The van der Waals surface area contributed by atoms with Gasteiger partial charge in [0.25, 0.3) is 0 Å². The molecule has 0 saturated heterocycles. The van der Waals surface area contributed by atoms with Crippen LogP contribution >= 0.6 is 0 Å². The molecule has 0 fully saturated rings. The number of Topliss-reactive ketones (excluding diaryl/α,β-unsaturated/α-hetero) is 1. The van der Waals surface area contributed by atoms with Crippen LogP contribution in [0.2, 0.25) is 0 Å². The largest absolute Gasteiger partial charge is 0.497 e. The number of allylic oxidation sites excluding steroid dienone is 1. The highest BCUT2D eigenvalue weighted by Gasteiger charge is 2.16. The van der Waals surface area contributed by atoms with Gasteiger partial charge in [-0.15, -0.1) is 0 Å². The molecule has 0 aliphatic carbocycles. The Bertz CT molecular complexity index is 887. The molecule has 2 aromatic rings. The molecule has 0 aliphatic rings. The average molecular weight is 385 g/mol. The first-order chi connectivity index (χ1) is 13.4. The number of methoxy groups -OCH3 is 4. The third kappa shape index (κ3) is 4.39. The van der Waals surface area contributed by atoms with Crippen molar-refractivity contribution < 1.29 is 23.7 Å². The minimum absolute atomic E-state index is 0.0883. The monoisotopic (exact) mass is 385 g/mol. The number of anilines is 1. The van der Waals surface area contributed by atoms with Gasteiger partial charge >= 0.3 is 0 Å². The quantitative estimate of drug-likeness (QED) is 0.504. The number of nitrogens with zero attached hydrogens (tertiary/aromatic N) is 1. The smallest absolute Gasteiger partial charge is 0.188 e. The zero-order chi connectivity index (χ0) is 20.8. The summed E-state index contributed by atoms with van der Waals surface area (Å²) in [6, 6.07) is 8.92. The van der Waals surface area contributed by atoms with Gasteiger partial charge in [-0.25, -0.2) is 0 Å². The second-order valence-corrected chi connectivity index (χ2v) is 6.39. The molecule has 0 amide bonds. The van der Waals surface area contributed by atoms with Crippen molar-refractivity contribution in [1.29, 1.82) is 0 Å². The van der Waals surface area contributed by atoms with E-state index in [1.54, 1.807) is 65.7 Å². The molecule has 0 aliphatic heterocycles. The van der Waals surface area contributed by atoms with Crippen LogP contribution in [0.25, 0.3) is 6.08 Å². The number of ether oxygens (including phenoxy) is 4. The van der Waals surface area contributed by atoms with Gasteiger partial charge in [-0.3, -0.25) is 4.79 Å². The highest BCUT2D eigenvalue weighted by atomic mass is 16.5. The van der Waals surface area contributed by atoms with Crippen molar-refractivity contribution >= 4 is 17.5 Å². The van der Waals surface area contributed by atoms with E-state index in [9.17, 15) is 4.79 Å². The van der Waals surface area contributed by atoms with E-state index < -0.39 is 0 Å². The van der Waals surface area contributed by atoms with Crippen LogP contribution in [0.4, 0.5) is 5.69 Å². The van der Waals surface area contributed by atoms with Crippen molar-refractivity contribution in [3.8, 4) is 23.0 Å². The van der Waals surface area contributed by atoms with E-state index in [1.807, 2.05) is 25.1 Å². The molecule has 0 spiro atoms. The summed E-state index contributed by atoms with van der Waals surface area (Å²) < 4.78 is 21.5. The second kappa shape index (κ2) is 9.17. The van der Waals surface area contributed by atoms with E-state index in [0.29, 0.717) is 39.7 Å². The summed E-state index contributed by atoms with van der Waals surface area (Å²) in [5.41, 5.74) is 2.67. The molecule has 6 heteroatoms. The van der Waals surface area contributed by atoms with Gasteiger partial charge in [-0.05, 0) is 42.8 Å². The predicted molar refractivity (Wildman–Crippen MR) is 111 cm³/mol. The zero-order valence-corrected chi connectivity index (χ0v) is 17.5. The summed E-state index contributed by atoms with van der Waals surface area (Å²) in [7, 11) is 10.1. The van der Waals surface area contributed by atoms with Crippen molar-refractivity contribution in [2.24, 2.45) is 0 Å². The van der Waals surface area contributed by atoms with Crippen LogP contribution < -0.4 is 23.8 Å². The first-order valence-electron chi connectivity index (χ1n) is 8.74. The third-order valence-electron chi connectivity index (χ3n) is 4.37. The first-order valence-corrected chi connectivity index (χ1v) is 8.74. The van der Waals surface area contributed by atoms with Crippen LogP contribution in [0.3, 0.4) is 0 Å². The predicted octanol–water partition coefficient (Wildman–Crippen LogP) is 4.07. The Morgan fingerprint density at radius 1 is 0.893 bits per heavy atom. The zero-order valence-electron chi connectivity index (χ0n) is 17.5. The Hall–Kier alpha value is -3.15. The number of carbonyl (C=O) groups is 1. The first kappa shape index (κ1) is 21.2. The number of hydrogen-bond acceptors (Lipinski definition) is 6. The lowest BCUT2D eigenvalue weighted by molar-refractivity contribution is 0.103. The minimum atomic E-state index is -0.0883. The molecule has 2 rings (SSSR count). The molecule has 2 aromatic carbocycles. The van der Waals surface area contributed by atoms with Gasteiger partial charge in [0, 0.05) is 31.3 Å². The Balaban J connectivity index is 2.48. The maximum absolute atomic E-state index is 13.0. The van der Waals surface area contributed by atoms with Crippen LogP contribution in [-0.4, -0.2) is 48.3 Å². The van der Waals surface area contributed by atoms with Crippen LogP contribution in [0, 0.1) is 0 Å². The van der Waals surface area contributed by atoms with Crippen LogP contribution in [0.1, 0.15) is 22.8 Å². The van der Waals surface area contributed by atoms with Crippen LogP contribution in [0.5, 0.6) is 23.0 Å². The number of benzene rings is 2. The molecule has 0 N–H and O–H groups in total. The topological polar surface area (TPSA) is 57.2 Å². The van der Waals surface area contributed by atoms with Crippen molar-refractivity contribution in [1.82, 2.24) is 0 Å². The molecule has 6 nitrogen and oxygen atoms in total. The van der Waals surface area contributed by atoms with Gasteiger partial charge in [0.1, 0.15) is 11.5 Å². The third-order valence-corrected chi connectivity index (χ3v) is 4.37. The van der Waals surface area contributed by atoms with E-state index in [4.69, 9.17) is 18.9 Å². The summed E-state index contributed by atoms with van der Waals surface area (Å²) in [6.45, 7) is 1.77. The molecule has 0 aromatic heterocycles. The molecular weight excluding hydrogens is 358 g/mol. The molecule has 150 valence electrons. The summed E-state index contributed by atoms with van der Waals surface area (Å²) in [4.78, 5) is 14.9. The van der Waals surface area contributed by atoms with Gasteiger partial charge < -0.3 is 23.8 Å². The molecule has 0 saturated carbocycles. The van der Waals surface area contributed by atoms with E-state index in [0.717, 1.165) is 5.69 Å². The number of carbonyl (C=O) groups excluding carboxylic acids is 1. The summed E-state index contributed by atoms with van der Waals surface area (Å²) in [5.74, 6) is 2.31. The molecule has 0 unspecified atom stereocenters. The average Bonchev–Trinajstić information content (AvgIpc) is 2.71. The fourth-order valence-electron chi connectivity index (χ4n) is 2.90. The van der Waals surface area contributed by atoms with Crippen LogP contribution in [-0.2, 0) is 0 Å². The maximum atomic E-state index is 13.0. The van der Waals surface area contributed by atoms with Crippen molar-refractivity contribution in [2.45, 2.75) is 6.92 Å². The van der Waals surface area contributed by atoms with Gasteiger partial charge in [-0.2, -0.15) is 0 Å². The summed E-state index contributed by atoms with van der Waals surface area (Å²) in [5, 5.41) is 0. The van der Waals surface area contributed by atoms with E-state index in [1.165, 1.54) is 0 Å². The van der Waals surface area contributed by atoms with Gasteiger partial charge in [-0.1, -0.05) is 0 Å². The molecule has 0 radical (unpaired) electrons. The van der Waals surface area contributed by atoms with Crippen molar-refractivity contribution in [2.75, 3.05) is 47.4 Å². The fourth-order valence-corrected chi connectivity index (χ4v) is 2.90. The Labute approximate surface area is 166 Å². The summed E-state index contributed by atoms with van der Waals surface area (Å²) in [6.07, 6.45) is 1.77. The molecule has 0 heterocycles. The highest BCUT2D eigenvalue weighted by molar-refractivity contribution is 6.11. The Morgan fingerprint density at radius 3 is 2.11 bits per heavy atom. The lowest BCUT2D eigenvalue weighted by atomic mass is 10.0. The number of ketones is 1. The minimum Gasteiger partial charge on any atom is -0.497 e. The van der Waals surface area contributed by atoms with E-state index in [2.05, 4.69) is 0 Å². The lowest BCUT2D eigenvalue weighted by Crippen LogP contribution is -2.11. The van der Waals surface area contributed by atoms with E-state index in [-0.39, 0.29) is 5.78 Å².